The van der Waals surface area contributed by atoms with Crippen LogP contribution in [0.2, 0.25) is 0 Å². The molecule has 0 unspecified atom stereocenters. The van der Waals surface area contributed by atoms with Crippen molar-refractivity contribution in [3.8, 4) is 11.1 Å². The monoisotopic (exact) mass is 376 g/mol. The smallest absolute Gasteiger partial charge is 0.205 e. The maximum absolute atomic E-state index is 14.6. The van der Waals surface area contributed by atoms with Crippen LogP contribution in [0.5, 0.6) is 0 Å². The van der Waals surface area contributed by atoms with Gasteiger partial charge in [0.2, 0.25) is 5.78 Å². The number of benzene rings is 2. The second-order valence-corrected chi connectivity index (χ2v) is 6.63. The van der Waals surface area contributed by atoms with Crippen LogP contribution in [0.15, 0.2) is 60.6 Å². The molecule has 1 aliphatic rings. The Bertz CT molecular complexity index is 1130. The highest BCUT2D eigenvalue weighted by Crippen LogP contribution is 2.29. The fourth-order valence-corrected chi connectivity index (χ4v) is 3.23. The van der Waals surface area contributed by atoms with E-state index >= 15 is 0 Å². The highest BCUT2D eigenvalue weighted by Gasteiger charge is 2.27. The summed E-state index contributed by atoms with van der Waals surface area (Å²) < 4.78 is 29.3. The molecule has 0 aliphatic heterocycles. The first-order valence-corrected chi connectivity index (χ1v) is 8.58. The van der Waals surface area contributed by atoms with Gasteiger partial charge in [0.05, 0.1) is 11.1 Å². The SMILES string of the molecule is Cc1ccc(-c2c(F)cc(CC3=CC(=O)c4ncncc4C3=O)cc2F)cc1. The summed E-state index contributed by atoms with van der Waals surface area (Å²) in [5, 5.41) is 0. The lowest BCUT2D eigenvalue weighted by Crippen LogP contribution is -2.20. The van der Waals surface area contributed by atoms with Crippen LogP contribution in [0.4, 0.5) is 8.78 Å². The predicted octanol–water partition coefficient (Wildman–Crippen LogP) is 4.28. The van der Waals surface area contributed by atoms with Crippen molar-refractivity contribution in [2.24, 2.45) is 0 Å². The van der Waals surface area contributed by atoms with Gasteiger partial charge >= 0.3 is 0 Å². The van der Waals surface area contributed by atoms with Crippen molar-refractivity contribution in [3.63, 3.8) is 0 Å². The third-order valence-electron chi connectivity index (χ3n) is 4.62. The number of hydrogen-bond acceptors (Lipinski definition) is 4. The van der Waals surface area contributed by atoms with Crippen LogP contribution in [-0.4, -0.2) is 21.5 Å². The van der Waals surface area contributed by atoms with E-state index in [4.69, 9.17) is 0 Å². The number of ketones is 2. The Hall–Kier alpha value is -3.54. The number of carbonyl (C=O) groups excluding carboxylic acids is 2. The van der Waals surface area contributed by atoms with Crippen LogP contribution in [-0.2, 0) is 6.42 Å². The summed E-state index contributed by atoms with van der Waals surface area (Å²) in [4.78, 5) is 32.3. The van der Waals surface area contributed by atoms with Gasteiger partial charge in [-0.2, -0.15) is 0 Å². The number of Topliss-reactive ketones (excluding diaryl/α,β-unsaturated/α-hetero) is 1. The molecule has 28 heavy (non-hydrogen) atoms. The van der Waals surface area contributed by atoms with E-state index in [9.17, 15) is 18.4 Å². The number of aromatic nitrogens is 2. The van der Waals surface area contributed by atoms with Crippen LogP contribution >= 0.6 is 0 Å². The number of hydrogen-bond donors (Lipinski definition) is 0. The van der Waals surface area contributed by atoms with Crippen molar-refractivity contribution >= 4 is 11.6 Å². The molecule has 4 nitrogen and oxygen atoms in total. The molecule has 0 saturated heterocycles. The number of aryl methyl sites for hydroxylation is 1. The van der Waals surface area contributed by atoms with Gasteiger partial charge in [-0.1, -0.05) is 29.8 Å². The molecule has 0 fully saturated rings. The highest BCUT2D eigenvalue weighted by molar-refractivity contribution is 6.23. The molecular weight excluding hydrogens is 362 g/mol. The minimum atomic E-state index is -0.724. The average Bonchev–Trinajstić information content (AvgIpc) is 2.67. The van der Waals surface area contributed by atoms with Crippen molar-refractivity contribution in [2.75, 3.05) is 0 Å². The number of fused-ring (bicyclic) bond motifs is 1. The maximum Gasteiger partial charge on any atom is 0.205 e. The van der Waals surface area contributed by atoms with Gasteiger partial charge in [0.15, 0.2) is 5.78 Å². The Labute approximate surface area is 159 Å². The zero-order chi connectivity index (χ0) is 19.8. The van der Waals surface area contributed by atoms with E-state index in [0.717, 1.165) is 5.56 Å². The third kappa shape index (κ3) is 3.13. The van der Waals surface area contributed by atoms with E-state index in [1.807, 2.05) is 6.92 Å². The van der Waals surface area contributed by atoms with Crippen molar-refractivity contribution < 1.29 is 18.4 Å². The fourth-order valence-electron chi connectivity index (χ4n) is 3.23. The highest BCUT2D eigenvalue weighted by atomic mass is 19.1. The second kappa shape index (κ2) is 6.88. The molecule has 1 aliphatic carbocycles. The van der Waals surface area contributed by atoms with Crippen molar-refractivity contribution in [2.45, 2.75) is 13.3 Å². The number of carbonyl (C=O) groups is 2. The fraction of sp³-hybridized carbons (Fsp3) is 0.0909. The molecule has 6 heteroatoms. The van der Waals surface area contributed by atoms with Crippen LogP contribution < -0.4 is 0 Å². The van der Waals surface area contributed by atoms with Gasteiger partial charge in [-0.15, -0.1) is 0 Å². The molecule has 0 N–H and O–H groups in total. The topological polar surface area (TPSA) is 59.9 Å². The first-order valence-electron chi connectivity index (χ1n) is 8.58. The van der Waals surface area contributed by atoms with Gasteiger partial charge in [-0.05, 0) is 36.3 Å². The van der Waals surface area contributed by atoms with Crippen LogP contribution in [0.1, 0.15) is 32.0 Å². The zero-order valence-corrected chi connectivity index (χ0v) is 14.9. The van der Waals surface area contributed by atoms with Gasteiger partial charge in [-0.25, -0.2) is 18.7 Å². The molecule has 138 valence electrons. The molecule has 0 bridgehead atoms. The molecule has 4 rings (SSSR count). The number of rotatable bonds is 3. The molecule has 2 aromatic carbocycles. The molecule has 1 heterocycles. The molecule has 3 aromatic rings. The van der Waals surface area contributed by atoms with E-state index in [0.29, 0.717) is 5.56 Å². The van der Waals surface area contributed by atoms with E-state index in [-0.39, 0.29) is 34.4 Å². The van der Waals surface area contributed by atoms with Crippen LogP contribution in [0.3, 0.4) is 0 Å². The first kappa shape index (κ1) is 17.9. The average molecular weight is 376 g/mol. The van der Waals surface area contributed by atoms with Crippen molar-refractivity contribution in [3.05, 3.63) is 94.6 Å². The third-order valence-corrected chi connectivity index (χ3v) is 4.62. The van der Waals surface area contributed by atoms with Gasteiger partial charge < -0.3 is 0 Å². The summed E-state index contributed by atoms with van der Waals surface area (Å²) in [5.41, 5.74) is 1.84. The quantitative estimate of drug-likeness (QED) is 0.685. The van der Waals surface area contributed by atoms with Gasteiger partial charge in [-0.3, -0.25) is 9.59 Å². The Morgan fingerprint density at radius 2 is 1.68 bits per heavy atom. The molecule has 1 aromatic heterocycles. The van der Waals surface area contributed by atoms with Gasteiger partial charge in [0, 0.05) is 18.2 Å². The Morgan fingerprint density at radius 1 is 1.00 bits per heavy atom. The predicted molar refractivity (Wildman–Crippen MR) is 99.0 cm³/mol. The van der Waals surface area contributed by atoms with Gasteiger partial charge in [0.25, 0.3) is 0 Å². The van der Waals surface area contributed by atoms with E-state index < -0.39 is 23.2 Å². The standard InChI is InChI=1S/C22H14F2N2O2/c1-12-2-4-14(5-3-12)20-17(23)7-13(8-18(20)24)6-15-9-19(27)21-16(22(15)28)10-25-11-26-21/h2-5,7-11H,6H2,1H3. The molecule has 0 spiro atoms. The van der Waals surface area contributed by atoms with E-state index in [1.165, 1.54) is 30.7 Å². The zero-order valence-electron chi connectivity index (χ0n) is 14.9. The molecule has 0 atom stereocenters. The van der Waals surface area contributed by atoms with Gasteiger partial charge in [0.1, 0.15) is 23.7 Å². The minimum absolute atomic E-state index is 0.0378. The number of nitrogens with zero attached hydrogens (tertiary/aromatic N) is 2. The Kier molecular flexibility index (Phi) is 4.39. The lowest BCUT2D eigenvalue weighted by atomic mass is 9.89. The summed E-state index contributed by atoms with van der Waals surface area (Å²) in [6, 6.07) is 9.23. The molecule has 0 radical (unpaired) electrons. The largest absolute Gasteiger partial charge is 0.289 e. The minimum Gasteiger partial charge on any atom is -0.289 e. The summed E-state index contributed by atoms with van der Waals surface area (Å²) in [6.45, 7) is 1.89. The summed E-state index contributed by atoms with van der Waals surface area (Å²) in [5.74, 6) is -2.29. The summed E-state index contributed by atoms with van der Waals surface area (Å²) >= 11 is 0. The van der Waals surface area contributed by atoms with Crippen LogP contribution in [0.25, 0.3) is 11.1 Å². The molecule has 0 amide bonds. The Balaban J connectivity index is 1.67. The lowest BCUT2D eigenvalue weighted by Gasteiger charge is -2.14. The summed E-state index contributed by atoms with van der Waals surface area (Å²) in [7, 11) is 0. The van der Waals surface area contributed by atoms with Crippen LogP contribution in [0, 0.1) is 18.6 Å². The van der Waals surface area contributed by atoms with E-state index in [2.05, 4.69) is 9.97 Å². The number of halogens is 2. The molecule has 0 saturated carbocycles. The maximum atomic E-state index is 14.6. The lowest BCUT2D eigenvalue weighted by molar-refractivity contribution is 0.0978. The summed E-state index contributed by atoms with van der Waals surface area (Å²) in [6.07, 6.45) is 3.57. The van der Waals surface area contributed by atoms with Crippen molar-refractivity contribution in [1.82, 2.24) is 9.97 Å². The normalized spacial score (nSPS) is 13.3. The molecular formula is C22H14F2N2O2. The van der Waals surface area contributed by atoms with E-state index in [1.54, 1.807) is 24.3 Å². The van der Waals surface area contributed by atoms with Crippen molar-refractivity contribution in [1.29, 1.82) is 0 Å². The number of allylic oxidation sites excluding steroid dienone is 2. The first-order chi connectivity index (χ1) is 13.4. The second-order valence-electron chi connectivity index (χ2n) is 6.63. The Morgan fingerprint density at radius 3 is 2.36 bits per heavy atom.